The van der Waals surface area contributed by atoms with E-state index >= 15 is 0 Å². The molecule has 3 nitrogen and oxygen atoms in total. The monoisotopic (exact) mass is 301 g/mol. The highest BCUT2D eigenvalue weighted by Gasteiger charge is 2.24. The van der Waals surface area contributed by atoms with E-state index in [4.69, 9.17) is 23.2 Å². The first-order valence-corrected chi connectivity index (χ1v) is 7.76. The van der Waals surface area contributed by atoms with Gasteiger partial charge in [0.2, 0.25) is 0 Å². The van der Waals surface area contributed by atoms with Gasteiger partial charge in [-0.3, -0.25) is 0 Å². The molecular formula is C14H21Cl2N3. The fraction of sp³-hybridized carbons (Fsp3) is 0.643. The van der Waals surface area contributed by atoms with Crippen LogP contribution in [0.15, 0.2) is 6.07 Å². The fourth-order valence-electron chi connectivity index (χ4n) is 2.40. The molecule has 1 atom stereocenters. The quantitative estimate of drug-likeness (QED) is 0.871. The molecule has 0 radical (unpaired) electrons. The highest BCUT2D eigenvalue weighted by atomic mass is 35.5. The molecule has 19 heavy (non-hydrogen) atoms. The van der Waals surface area contributed by atoms with Crippen molar-refractivity contribution < 1.29 is 0 Å². The molecule has 5 heteroatoms. The van der Waals surface area contributed by atoms with Crippen LogP contribution in [0.1, 0.15) is 33.1 Å². The average Bonchev–Trinajstić information content (AvgIpc) is 2.86. The van der Waals surface area contributed by atoms with Gasteiger partial charge >= 0.3 is 0 Å². The normalized spacial score (nSPS) is 18.9. The maximum atomic E-state index is 6.29. The van der Waals surface area contributed by atoms with E-state index in [9.17, 15) is 0 Å². The Bertz CT molecular complexity index is 437. The number of rotatable bonds is 5. The number of halogens is 2. The maximum Gasteiger partial charge on any atom is 0.149 e. The second-order valence-corrected chi connectivity index (χ2v) is 5.87. The van der Waals surface area contributed by atoms with Crippen LogP contribution in [0.5, 0.6) is 0 Å². The zero-order valence-corrected chi connectivity index (χ0v) is 13.1. The van der Waals surface area contributed by atoms with Crippen molar-refractivity contribution >= 4 is 34.8 Å². The van der Waals surface area contributed by atoms with Crippen LogP contribution in [-0.2, 0) is 0 Å². The van der Waals surface area contributed by atoms with Gasteiger partial charge in [-0.05, 0) is 24.8 Å². The van der Waals surface area contributed by atoms with Crippen molar-refractivity contribution in [1.29, 1.82) is 0 Å². The molecule has 0 aromatic carbocycles. The minimum absolute atomic E-state index is 0.591. The van der Waals surface area contributed by atoms with E-state index in [1.54, 1.807) is 6.07 Å². The van der Waals surface area contributed by atoms with E-state index in [0.29, 0.717) is 10.0 Å². The molecule has 2 rings (SSSR count). The zero-order valence-electron chi connectivity index (χ0n) is 11.5. The lowest BCUT2D eigenvalue weighted by Crippen LogP contribution is -2.21. The molecule has 1 aliphatic heterocycles. The van der Waals surface area contributed by atoms with Gasteiger partial charge in [-0.1, -0.05) is 43.5 Å². The summed E-state index contributed by atoms with van der Waals surface area (Å²) in [6.07, 6.45) is 3.47. The summed E-state index contributed by atoms with van der Waals surface area (Å²) in [6, 6.07) is 1.79. The zero-order chi connectivity index (χ0) is 13.8. The van der Waals surface area contributed by atoms with Crippen LogP contribution >= 0.6 is 23.2 Å². The van der Waals surface area contributed by atoms with Gasteiger partial charge in [-0.25, -0.2) is 4.98 Å². The lowest BCUT2D eigenvalue weighted by Gasteiger charge is -2.20. The average molecular weight is 302 g/mol. The second kappa shape index (κ2) is 6.67. The van der Waals surface area contributed by atoms with Gasteiger partial charge in [0.1, 0.15) is 11.6 Å². The summed E-state index contributed by atoms with van der Waals surface area (Å²) in [5.74, 6) is 2.35. The van der Waals surface area contributed by atoms with E-state index in [-0.39, 0.29) is 0 Å². The Morgan fingerprint density at radius 2 is 2.16 bits per heavy atom. The fourth-order valence-corrected chi connectivity index (χ4v) is 2.95. The highest BCUT2D eigenvalue weighted by Crippen LogP contribution is 2.34. The Labute approximate surface area is 125 Å². The Morgan fingerprint density at radius 1 is 1.37 bits per heavy atom. The summed E-state index contributed by atoms with van der Waals surface area (Å²) in [5.41, 5.74) is 0. The standard InChI is InChI=1S/C14H21Cl2N3/c1-3-6-17-13-11(15)8-12(16)14(18-13)19-7-5-10(4-2)9-19/h8,10H,3-7,9H2,1-2H3,(H,17,18). The highest BCUT2D eigenvalue weighted by molar-refractivity contribution is 6.37. The number of hydrogen-bond acceptors (Lipinski definition) is 3. The number of hydrogen-bond donors (Lipinski definition) is 1. The van der Waals surface area contributed by atoms with E-state index in [1.807, 2.05) is 0 Å². The number of pyridine rings is 1. The van der Waals surface area contributed by atoms with Crippen molar-refractivity contribution in [2.45, 2.75) is 33.1 Å². The number of anilines is 2. The molecule has 1 fully saturated rings. The summed E-state index contributed by atoms with van der Waals surface area (Å²) < 4.78 is 0. The third-order valence-electron chi connectivity index (χ3n) is 3.62. The molecule has 106 valence electrons. The minimum atomic E-state index is 0.591. The van der Waals surface area contributed by atoms with E-state index in [1.165, 1.54) is 12.8 Å². The molecule has 1 N–H and O–H groups in total. The van der Waals surface area contributed by atoms with Gasteiger partial charge < -0.3 is 10.2 Å². The molecule has 0 bridgehead atoms. The van der Waals surface area contributed by atoms with Gasteiger partial charge in [0.05, 0.1) is 10.0 Å². The van der Waals surface area contributed by atoms with Crippen LogP contribution in [0.4, 0.5) is 11.6 Å². The van der Waals surface area contributed by atoms with Crippen LogP contribution in [-0.4, -0.2) is 24.6 Å². The first-order valence-electron chi connectivity index (χ1n) is 7.00. The molecule has 0 spiro atoms. The Hall–Kier alpha value is -0.670. The van der Waals surface area contributed by atoms with Crippen LogP contribution in [0, 0.1) is 5.92 Å². The molecule has 0 aliphatic carbocycles. The molecule has 1 saturated heterocycles. The van der Waals surface area contributed by atoms with Crippen molar-refractivity contribution in [3.63, 3.8) is 0 Å². The van der Waals surface area contributed by atoms with Crippen molar-refractivity contribution in [2.75, 3.05) is 29.9 Å². The lowest BCUT2D eigenvalue weighted by molar-refractivity contribution is 0.569. The predicted molar refractivity (Wildman–Crippen MR) is 83.6 cm³/mol. The predicted octanol–water partition coefficient (Wildman–Crippen LogP) is 4.45. The second-order valence-electron chi connectivity index (χ2n) is 5.06. The molecule has 1 aliphatic rings. The van der Waals surface area contributed by atoms with Crippen molar-refractivity contribution in [3.05, 3.63) is 16.1 Å². The Morgan fingerprint density at radius 3 is 2.79 bits per heavy atom. The third-order valence-corrected chi connectivity index (χ3v) is 4.18. The van der Waals surface area contributed by atoms with Gasteiger partial charge in [-0.15, -0.1) is 0 Å². The summed E-state index contributed by atoms with van der Waals surface area (Å²) in [5, 5.41) is 4.48. The largest absolute Gasteiger partial charge is 0.369 e. The van der Waals surface area contributed by atoms with Crippen molar-refractivity contribution in [1.82, 2.24) is 4.98 Å². The van der Waals surface area contributed by atoms with Gasteiger partial charge in [0, 0.05) is 19.6 Å². The molecule has 1 aromatic rings. The third kappa shape index (κ3) is 3.46. The van der Waals surface area contributed by atoms with Gasteiger partial charge in [0.15, 0.2) is 0 Å². The van der Waals surface area contributed by atoms with E-state index < -0.39 is 0 Å². The SMILES string of the molecule is CCCNc1nc(N2CCC(CC)C2)c(Cl)cc1Cl. The molecule has 2 heterocycles. The maximum absolute atomic E-state index is 6.29. The number of nitrogens with zero attached hydrogens (tertiary/aromatic N) is 2. The van der Waals surface area contributed by atoms with Crippen molar-refractivity contribution in [3.8, 4) is 0 Å². The smallest absolute Gasteiger partial charge is 0.149 e. The van der Waals surface area contributed by atoms with Gasteiger partial charge in [-0.2, -0.15) is 0 Å². The minimum Gasteiger partial charge on any atom is -0.369 e. The summed E-state index contributed by atoms with van der Waals surface area (Å²) in [4.78, 5) is 6.88. The van der Waals surface area contributed by atoms with Crippen LogP contribution in [0.25, 0.3) is 0 Å². The first kappa shape index (κ1) is 14.7. The molecule has 0 saturated carbocycles. The lowest BCUT2D eigenvalue weighted by atomic mass is 10.1. The first-order chi connectivity index (χ1) is 9.15. The van der Waals surface area contributed by atoms with Crippen LogP contribution < -0.4 is 10.2 Å². The van der Waals surface area contributed by atoms with Crippen LogP contribution in [0.3, 0.4) is 0 Å². The summed E-state index contributed by atoms with van der Waals surface area (Å²) in [6.45, 7) is 7.28. The van der Waals surface area contributed by atoms with Gasteiger partial charge in [0.25, 0.3) is 0 Å². The Balaban J connectivity index is 2.20. The van der Waals surface area contributed by atoms with Crippen LogP contribution in [0.2, 0.25) is 10.0 Å². The topological polar surface area (TPSA) is 28.2 Å². The summed E-state index contributed by atoms with van der Waals surface area (Å²) in [7, 11) is 0. The molecule has 1 unspecified atom stereocenters. The Kier molecular flexibility index (Phi) is 5.17. The molecule has 1 aromatic heterocycles. The number of aromatic nitrogens is 1. The molecular weight excluding hydrogens is 281 g/mol. The van der Waals surface area contributed by atoms with E-state index in [2.05, 4.69) is 29.0 Å². The number of nitrogens with one attached hydrogen (secondary N) is 1. The summed E-state index contributed by atoms with van der Waals surface area (Å²) >= 11 is 12.5. The molecule has 0 amide bonds. The van der Waals surface area contributed by atoms with E-state index in [0.717, 1.165) is 43.6 Å². The van der Waals surface area contributed by atoms with Crippen molar-refractivity contribution in [2.24, 2.45) is 5.92 Å².